The summed E-state index contributed by atoms with van der Waals surface area (Å²) in [5.41, 5.74) is 0.612. The Morgan fingerprint density at radius 2 is 1.62 bits per heavy atom. The number of aliphatic carboxylic acids is 1. The van der Waals surface area contributed by atoms with E-state index in [1.807, 2.05) is 13.8 Å². The third kappa shape index (κ3) is 3.87. The van der Waals surface area contributed by atoms with Crippen LogP contribution >= 0.6 is 0 Å². The van der Waals surface area contributed by atoms with E-state index < -0.39 is 23.5 Å². The van der Waals surface area contributed by atoms with E-state index in [2.05, 4.69) is 54.5 Å². The molecule has 5 aliphatic carbocycles. The van der Waals surface area contributed by atoms with Crippen molar-refractivity contribution in [1.82, 2.24) is 0 Å². The molecular formula is C35H52O5. The minimum Gasteiger partial charge on any atom is -0.481 e. The van der Waals surface area contributed by atoms with Crippen molar-refractivity contribution in [3.63, 3.8) is 0 Å². The molecule has 5 heteroatoms. The van der Waals surface area contributed by atoms with Gasteiger partial charge in [-0.05, 0) is 98.7 Å². The molecule has 222 valence electrons. The summed E-state index contributed by atoms with van der Waals surface area (Å²) in [6, 6.07) is 0. The molecule has 1 N–H and O–H groups in total. The molecule has 4 saturated carbocycles. The van der Waals surface area contributed by atoms with E-state index in [9.17, 15) is 19.5 Å². The van der Waals surface area contributed by atoms with Gasteiger partial charge in [-0.2, -0.15) is 0 Å². The molecule has 0 bridgehead atoms. The second kappa shape index (κ2) is 9.04. The lowest BCUT2D eigenvalue weighted by molar-refractivity contribution is -0.205. The van der Waals surface area contributed by atoms with Gasteiger partial charge in [0.05, 0.1) is 0 Å². The van der Waals surface area contributed by atoms with Crippen LogP contribution < -0.4 is 0 Å². The standard InChI is InChI=1S/C35H52O5/c1-21(2)18-28(37)40-27-20-30(3,4)19-23-22-10-11-25-32(7)14-13-26(36)31(5,6)24(32)12-15-34(25,9)33(22,8)16-17-35(23,27)29(38)39/h10,18,23-25,27H,11-17,19-20H2,1-9H3,(H,38,39)/t23?,24?,25?,27?,32-,33+,34+,35-/m0/s1. The molecule has 0 aromatic carbocycles. The van der Waals surface area contributed by atoms with Crippen molar-refractivity contribution in [2.24, 2.45) is 50.2 Å². The summed E-state index contributed by atoms with van der Waals surface area (Å²) in [4.78, 5) is 39.2. The highest BCUT2D eigenvalue weighted by Crippen LogP contribution is 2.75. The molecule has 0 radical (unpaired) electrons. The van der Waals surface area contributed by atoms with Crippen LogP contribution in [0, 0.1) is 50.2 Å². The normalized spacial score (nSPS) is 45.0. The third-order valence-electron chi connectivity index (χ3n) is 13.4. The zero-order valence-electron chi connectivity index (χ0n) is 26.4. The molecule has 0 aromatic heterocycles. The Hall–Kier alpha value is -1.91. The predicted molar refractivity (Wildman–Crippen MR) is 156 cm³/mol. The van der Waals surface area contributed by atoms with Crippen molar-refractivity contribution in [3.8, 4) is 0 Å². The van der Waals surface area contributed by atoms with E-state index in [0.29, 0.717) is 36.9 Å². The average Bonchev–Trinajstić information content (AvgIpc) is 2.81. The van der Waals surface area contributed by atoms with Crippen LogP contribution in [-0.2, 0) is 19.1 Å². The number of fused-ring (bicyclic) bond motifs is 7. The van der Waals surface area contributed by atoms with Crippen molar-refractivity contribution >= 4 is 17.7 Å². The van der Waals surface area contributed by atoms with Gasteiger partial charge in [-0.25, -0.2) is 4.79 Å². The van der Waals surface area contributed by atoms with Crippen LogP contribution in [0.1, 0.15) is 120 Å². The molecule has 0 aromatic rings. The molecule has 5 aliphatic rings. The quantitative estimate of drug-likeness (QED) is 0.218. The lowest BCUT2D eigenvalue weighted by Gasteiger charge is -2.70. The van der Waals surface area contributed by atoms with Crippen LogP contribution in [0.3, 0.4) is 0 Å². The molecule has 5 nitrogen and oxygen atoms in total. The first kappa shape index (κ1) is 29.6. The smallest absolute Gasteiger partial charge is 0.330 e. The molecule has 0 amide bonds. The predicted octanol–water partition coefficient (Wildman–Crippen LogP) is 7.93. The van der Waals surface area contributed by atoms with Crippen LogP contribution in [0.15, 0.2) is 23.3 Å². The van der Waals surface area contributed by atoms with Gasteiger partial charge in [0, 0.05) is 23.8 Å². The number of ether oxygens (including phenoxy) is 1. The van der Waals surface area contributed by atoms with Crippen LogP contribution in [-0.4, -0.2) is 28.9 Å². The van der Waals surface area contributed by atoms with Gasteiger partial charge in [0.15, 0.2) is 0 Å². The van der Waals surface area contributed by atoms with Gasteiger partial charge in [0.2, 0.25) is 0 Å². The number of Topliss-reactive ketones (excluding diaryl/α,β-unsaturated/α-hetero) is 1. The number of esters is 1. The van der Waals surface area contributed by atoms with Crippen molar-refractivity contribution in [1.29, 1.82) is 0 Å². The fourth-order valence-corrected chi connectivity index (χ4v) is 11.2. The van der Waals surface area contributed by atoms with Gasteiger partial charge in [-0.15, -0.1) is 0 Å². The Labute approximate surface area is 241 Å². The minimum absolute atomic E-state index is 0.0271. The topological polar surface area (TPSA) is 80.7 Å². The van der Waals surface area contributed by atoms with Gasteiger partial charge < -0.3 is 9.84 Å². The molecule has 40 heavy (non-hydrogen) atoms. The van der Waals surface area contributed by atoms with Crippen molar-refractivity contribution < 1.29 is 24.2 Å². The SMILES string of the molecule is CC(C)=CC(=O)OC1CC(C)(C)CC2C3=CCC4[C@@]5(C)CCC(=O)C(C)(C)C5CC[C@@]4(C)[C@]3(C)CC[C@@]12C(=O)O. The summed E-state index contributed by atoms with van der Waals surface area (Å²) in [7, 11) is 0. The molecule has 8 atom stereocenters. The maximum atomic E-state index is 13.4. The highest BCUT2D eigenvalue weighted by atomic mass is 16.5. The van der Waals surface area contributed by atoms with E-state index in [1.165, 1.54) is 11.6 Å². The van der Waals surface area contributed by atoms with Crippen LogP contribution in [0.2, 0.25) is 0 Å². The summed E-state index contributed by atoms with van der Waals surface area (Å²) < 4.78 is 6.08. The Balaban J connectivity index is 1.60. The Bertz CT molecular complexity index is 1190. The van der Waals surface area contributed by atoms with Crippen molar-refractivity contribution in [3.05, 3.63) is 23.3 Å². The first-order valence-electron chi connectivity index (χ1n) is 15.7. The molecule has 0 spiro atoms. The third-order valence-corrected chi connectivity index (χ3v) is 13.4. The van der Waals surface area contributed by atoms with E-state index >= 15 is 0 Å². The highest BCUT2D eigenvalue weighted by Gasteiger charge is 2.71. The van der Waals surface area contributed by atoms with E-state index in [-0.39, 0.29) is 33.0 Å². The maximum absolute atomic E-state index is 13.4. The van der Waals surface area contributed by atoms with Gasteiger partial charge in [-0.1, -0.05) is 65.7 Å². The fraction of sp³-hybridized carbons (Fsp3) is 0.800. The Morgan fingerprint density at radius 3 is 2.25 bits per heavy atom. The monoisotopic (exact) mass is 552 g/mol. The number of rotatable bonds is 3. The molecular weight excluding hydrogens is 500 g/mol. The van der Waals surface area contributed by atoms with E-state index in [0.717, 1.165) is 44.1 Å². The summed E-state index contributed by atoms with van der Waals surface area (Å²) >= 11 is 0. The number of carboxylic acid groups (broad SMARTS) is 1. The number of hydrogen-bond acceptors (Lipinski definition) is 4. The summed E-state index contributed by atoms with van der Waals surface area (Å²) in [6.07, 6.45) is 10.6. The second-order valence-corrected chi connectivity index (χ2v) is 16.6. The Morgan fingerprint density at radius 1 is 0.950 bits per heavy atom. The number of carbonyl (C=O) groups is 3. The van der Waals surface area contributed by atoms with Gasteiger partial charge in [0.25, 0.3) is 0 Å². The number of carbonyl (C=O) groups excluding carboxylic acids is 2. The zero-order valence-corrected chi connectivity index (χ0v) is 26.4. The number of hydrogen-bond donors (Lipinski definition) is 1. The van der Waals surface area contributed by atoms with Crippen molar-refractivity contribution in [2.75, 3.05) is 0 Å². The maximum Gasteiger partial charge on any atom is 0.330 e. The second-order valence-electron chi connectivity index (χ2n) is 16.6. The molecule has 0 saturated heterocycles. The molecule has 4 unspecified atom stereocenters. The summed E-state index contributed by atoms with van der Waals surface area (Å²) in [5, 5.41) is 10.9. The van der Waals surface area contributed by atoms with Crippen LogP contribution in [0.4, 0.5) is 0 Å². The zero-order chi connectivity index (χ0) is 29.7. The summed E-state index contributed by atoms with van der Waals surface area (Å²) in [6.45, 7) is 19.8. The lowest BCUT2D eigenvalue weighted by atomic mass is 9.33. The molecule has 0 heterocycles. The van der Waals surface area contributed by atoms with E-state index in [4.69, 9.17) is 4.74 Å². The first-order chi connectivity index (χ1) is 18.3. The fourth-order valence-electron chi connectivity index (χ4n) is 11.2. The minimum atomic E-state index is -1.10. The Kier molecular flexibility index (Phi) is 6.69. The van der Waals surface area contributed by atoms with Gasteiger partial charge >= 0.3 is 11.9 Å². The van der Waals surface area contributed by atoms with Crippen LogP contribution in [0.25, 0.3) is 0 Å². The number of carboxylic acids is 1. The molecule has 5 rings (SSSR count). The number of allylic oxidation sites excluding steroid dienone is 3. The van der Waals surface area contributed by atoms with E-state index in [1.54, 1.807) is 0 Å². The van der Waals surface area contributed by atoms with Crippen LogP contribution in [0.5, 0.6) is 0 Å². The summed E-state index contributed by atoms with van der Waals surface area (Å²) in [5.74, 6) is -0.155. The average molecular weight is 553 g/mol. The van der Waals surface area contributed by atoms with Gasteiger partial charge in [0.1, 0.15) is 17.3 Å². The highest BCUT2D eigenvalue weighted by molar-refractivity contribution is 5.86. The van der Waals surface area contributed by atoms with Crippen molar-refractivity contribution in [2.45, 2.75) is 126 Å². The molecule has 0 aliphatic heterocycles. The number of ketones is 1. The largest absolute Gasteiger partial charge is 0.481 e. The lowest BCUT2D eigenvalue weighted by Crippen LogP contribution is -2.66. The molecule has 4 fully saturated rings. The van der Waals surface area contributed by atoms with Gasteiger partial charge in [-0.3, -0.25) is 9.59 Å². The first-order valence-corrected chi connectivity index (χ1v) is 15.7.